The highest BCUT2D eigenvalue weighted by molar-refractivity contribution is 5.42. The van der Waals surface area contributed by atoms with Gasteiger partial charge < -0.3 is 0 Å². The van der Waals surface area contributed by atoms with Crippen LogP contribution in [0.4, 0.5) is 0 Å². The molecule has 1 aromatic carbocycles. The second-order valence-electron chi connectivity index (χ2n) is 4.45. The first-order chi connectivity index (χ1) is 10.7. The molecule has 0 aliphatic rings. The summed E-state index contributed by atoms with van der Waals surface area (Å²) in [6, 6.07) is 2.97. The van der Waals surface area contributed by atoms with E-state index < -0.39 is 31.4 Å². The fraction of sp³-hybridized carbons (Fsp3) is 0.625. The van der Waals surface area contributed by atoms with Gasteiger partial charge in [-0.25, -0.2) is 0 Å². The molecule has 0 N–H and O–H groups in total. The van der Waals surface area contributed by atoms with Crippen molar-refractivity contribution < 1.29 is 12.3 Å². The second kappa shape index (κ2) is 5.03. The average Bonchev–Trinajstić information content (AvgIpc) is 2.34. The Kier molecular flexibility index (Phi) is 1.65. The van der Waals surface area contributed by atoms with Crippen molar-refractivity contribution in [3.8, 4) is 0 Å². The van der Waals surface area contributed by atoms with Crippen molar-refractivity contribution >= 4 is 0 Å². The third-order valence-electron chi connectivity index (χ3n) is 2.79. The van der Waals surface area contributed by atoms with Crippen LogP contribution in [-0.4, -0.2) is 0 Å². The first kappa shape index (κ1) is 5.25. The molecular formula is C16H26. The molecule has 0 aliphatic carbocycles. The zero-order valence-corrected chi connectivity index (χ0v) is 10.7. The van der Waals surface area contributed by atoms with Crippen LogP contribution in [0, 0.1) is 6.92 Å². The van der Waals surface area contributed by atoms with Gasteiger partial charge in [-0.2, -0.15) is 0 Å². The van der Waals surface area contributed by atoms with Gasteiger partial charge in [0.05, 0.1) is 0 Å². The number of hydrogen-bond acceptors (Lipinski definition) is 0. The maximum Gasteiger partial charge on any atom is 0.0347 e. The van der Waals surface area contributed by atoms with Crippen molar-refractivity contribution in [1.29, 1.82) is 0 Å². The summed E-state index contributed by atoms with van der Waals surface area (Å²) >= 11 is 0. The van der Waals surface area contributed by atoms with E-state index in [4.69, 9.17) is 12.3 Å². The fourth-order valence-electron chi connectivity index (χ4n) is 1.78. The Morgan fingerprint density at radius 2 is 1.38 bits per heavy atom. The Balaban J connectivity index is 3.93. The van der Waals surface area contributed by atoms with Crippen molar-refractivity contribution in [2.24, 2.45) is 0 Å². The fourth-order valence-corrected chi connectivity index (χ4v) is 1.78. The Bertz CT molecular complexity index is 596. The normalized spacial score (nSPS) is 29.7. The predicted molar refractivity (Wildman–Crippen MR) is 73.4 cm³/mol. The maximum atomic E-state index is 8.39. The molecule has 1 aromatic rings. The maximum absolute atomic E-state index is 8.39. The van der Waals surface area contributed by atoms with Gasteiger partial charge in [0.15, 0.2) is 0 Å². The van der Waals surface area contributed by atoms with E-state index in [-0.39, 0.29) is 11.1 Å². The minimum absolute atomic E-state index is 0.128. The van der Waals surface area contributed by atoms with Gasteiger partial charge in [-0.1, -0.05) is 53.5 Å². The van der Waals surface area contributed by atoms with Crippen molar-refractivity contribution in [1.82, 2.24) is 0 Å². The summed E-state index contributed by atoms with van der Waals surface area (Å²) in [5, 5.41) is 0. The lowest BCUT2D eigenvalue weighted by atomic mass is 9.85. The van der Waals surface area contributed by atoms with Gasteiger partial charge in [0.25, 0.3) is 0 Å². The molecule has 0 saturated heterocycles. The van der Waals surface area contributed by atoms with Gasteiger partial charge in [0.1, 0.15) is 0 Å². The molecule has 0 nitrogen and oxygen atoms in total. The van der Waals surface area contributed by atoms with Crippen LogP contribution in [0.5, 0.6) is 0 Å². The third kappa shape index (κ3) is 2.66. The van der Waals surface area contributed by atoms with E-state index >= 15 is 0 Å². The number of benzene rings is 1. The van der Waals surface area contributed by atoms with E-state index in [0.717, 1.165) is 0 Å². The van der Waals surface area contributed by atoms with E-state index in [1.807, 2.05) is 0 Å². The van der Waals surface area contributed by atoms with Gasteiger partial charge >= 0.3 is 0 Å². The molecule has 0 heteroatoms. The summed E-state index contributed by atoms with van der Waals surface area (Å²) < 4.78 is 71.2. The van der Waals surface area contributed by atoms with E-state index in [9.17, 15) is 0 Å². The van der Waals surface area contributed by atoms with Crippen LogP contribution < -0.4 is 0 Å². The minimum Gasteiger partial charge on any atom is -0.0587 e. The van der Waals surface area contributed by atoms with Crippen molar-refractivity contribution in [3.05, 3.63) is 34.4 Å². The molecule has 0 heterocycles. The highest BCUT2D eigenvalue weighted by Crippen LogP contribution is 2.31. The average molecular weight is 227 g/mol. The molecule has 2 unspecified atom stereocenters. The standard InChI is InChI=1S/C16H26/c1-10(2)14-8-15(11(3)4)13(7)16(9-14)12(5)6/h8-12H,1-7H3/i3D3,5D3,10D,11D,12D. The lowest BCUT2D eigenvalue weighted by Gasteiger charge is -2.20. The van der Waals surface area contributed by atoms with E-state index in [2.05, 4.69) is 0 Å². The molecule has 0 spiro atoms. The molecule has 0 radical (unpaired) electrons. The SMILES string of the molecule is [2H]C(C)(C)c1cc(C([2H])(C)C([2H])([2H])[2H])c(C)c(C([2H])(C)C([2H])([2H])[2H])c1. The van der Waals surface area contributed by atoms with Crippen LogP contribution in [0.25, 0.3) is 0 Å². The first-order valence-electron chi connectivity index (χ1n) is 9.90. The molecular weight excluding hydrogens is 192 g/mol. The molecule has 0 fully saturated rings. The Morgan fingerprint density at radius 1 is 0.938 bits per heavy atom. The molecule has 90 valence electrons. The molecule has 16 heavy (non-hydrogen) atoms. The van der Waals surface area contributed by atoms with Crippen molar-refractivity contribution in [3.63, 3.8) is 0 Å². The van der Waals surface area contributed by atoms with Gasteiger partial charge in [-0.3, -0.25) is 0 Å². The number of rotatable bonds is 3. The molecule has 0 amide bonds. The van der Waals surface area contributed by atoms with Crippen LogP contribution in [0.3, 0.4) is 0 Å². The largest absolute Gasteiger partial charge is 0.0587 e. The van der Waals surface area contributed by atoms with E-state index in [0.29, 0.717) is 11.1 Å². The van der Waals surface area contributed by atoms with Gasteiger partial charge in [0.2, 0.25) is 0 Å². The second-order valence-corrected chi connectivity index (χ2v) is 4.45. The van der Waals surface area contributed by atoms with Gasteiger partial charge in [0, 0.05) is 12.3 Å². The van der Waals surface area contributed by atoms with Crippen LogP contribution in [0.15, 0.2) is 12.1 Å². The highest BCUT2D eigenvalue weighted by atomic mass is 14.2. The molecule has 0 aromatic heterocycles. The molecule has 1 rings (SSSR count). The van der Waals surface area contributed by atoms with Crippen molar-refractivity contribution in [2.75, 3.05) is 0 Å². The van der Waals surface area contributed by atoms with Crippen LogP contribution in [0.1, 0.15) is 93.7 Å². The zero-order valence-electron chi connectivity index (χ0n) is 19.7. The lowest BCUT2D eigenvalue weighted by Crippen LogP contribution is -2.03. The highest BCUT2D eigenvalue weighted by Gasteiger charge is 2.13. The minimum atomic E-state index is -2.64. The molecule has 0 bridgehead atoms. The topological polar surface area (TPSA) is 0 Å². The lowest BCUT2D eigenvalue weighted by molar-refractivity contribution is 0.792. The Labute approximate surface area is 114 Å². The van der Waals surface area contributed by atoms with Crippen molar-refractivity contribution in [2.45, 2.75) is 66.0 Å². The monoisotopic (exact) mass is 227 g/mol. The van der Waals surface area contributed by atoms with Crippen LogP contribution >= 0.6 is 0 Å². The quantitative estimate of drug-likeness (QED) is 0.651. The third-order valence-corrected chi connectivity index (χ3v) is 2.79. The summed E-state index contributed by atoms with van der Waals surface area (Å²) in [7, 11) is 0. The molecule has 0 saturated carbocycles. The number of hydrogen-bond donors (Lipinski definition) is 0. The van der Waals surface area contributed by atoms with Gasteiger partial charge in [-0.15, -0.1) is 0 Å². The predicted octanol–water partition coefficient (Wildman–Crippen LogP) is 5.37. The summed E-state index contributed by atoms with van der Waals surface area (Å²) in [4.78, 5) is 0. The summed E-state index contributed by atoms with van der Waals surface area (Å²) in [5.74, 6) is -5.11. The smallest absolute Gasteiger partial charge is 0.0347 e. The first-order valence-corrected chi connectivity index (χ1v) is 5.40. The van der Waals surface area contributed by atoms with E-state index in [1.54, 1.807) is 20.8 Å². The van der Waals surface area contributed by atoms with Crippen LogP contribution in [-0.2, 0) is 0 Å². The Morgan fingerprint density at radius 3 is 1.69 bits per heavy atom. The zero-order chi connectivity index (χ0) is 20.2. The Hall–Kier alpha value is -0.780. The van der Waals surface area contributed by atoms with Crippen LogP contribution in [0.2, 0.25) is 0 Å². The summed E-state index contributed by atoms with van der Waals surface area (Å²) in [5.41, 5.74) is 0.940. The molecule has 2 atom stereocenters. The summed E-state index contributed by atoms with van der Waals surface area (Å²) in [6.45, 7) is 1.96. The molecule has 0 aliphatic heterocycles. The van der Waals surface area contributed by atoms with Gasteiger partial charge in [-0.05, 0) is 46.9 Å². The van der Waals surface area contributed by atoms with E-state index in [1.165, 1.54) is 26.0 Å². The summed E-state index contributed by atoms with van der Waals surface area (Å²) in [6.07, 6.45) is 0.